The Hall–Kier alpha value is -1.22. The van der Waals surface area contributed by atoms with Gasteiger partial charge in [0.05, 0.1) is 5.75 Å². The number of anilines is 1. The fraction of sp³-hybridized carbons (Fsp3) is 0.300. The molecule has 5 nitrogen and oxygen atoms in total. The standard InChI is InChI=1S/C10H10BrF2NO4S/c11-6-4-7(12)10(8(13)5-6)14-19(17,18)3-1-2-9(15)16/h4-5,14H,1-3H2,(H,15,16). The van der Waals surface area contributed by atoms with Crippen molar-refractivity contribution in [2.75, 3.05) is 10.5 Å². The van der Waals surface area contributed by atoms with Crippen LogP contribution in [0, 0.1) is 11.6 Å². The van der Waals surface area contributed by atoms with Gasteiger partial charge in [-0.15, -0.1) is 0 Å². The molecular weight excluding hydrogens is 348 g/mol. The number of aliphatic carboxylic acids is 1. The monoisotopic (exact) mass is 357 g/mol. The highest BCUT2D eigenvalue weighted by Gasteiger charge is 2.18. The van der Waals surface area contributed by atoms with Gasteiger partial charge < -0.3 is 5.11 Å². The van der Waals surface area contributed by atoms with Crippen LogP contribution in [0.3, 0.4) is 0 Å². The predicted molar refractivity (Wildman–Crippen MR) is 68.3 cm³/mol. The third-order valence-electron chi connectivity index (χ3n) is 2.07. The SMILES string of the molecule is O=C(O)CCCS(=O)(=O)Nc1c(F)cc(Br)cc1F. The number of carboxylic acids is 1. The van der Waals surface area contributed by atoms with Gasteiger partial charge in [0.25, 0.3) is 0 Å². The molecule has 2 N–H and O–H groups in total. The number of carboxylic acid groups (broad SMARTS) is 1. The summed E-state index contributed by atoms with van der Waals surface area (Å²) in [5.41, 5.74) is -0.779. The van der Waals surface area contributed by atoms with E-state index >= 15 is 0 Å². The molecule has 0 fully saturated rings. The van der Waals surface area contributed by atoms with Gasteiger partial charge >= 0.3 is 5.97 Å². The van der Waals surface area contributed by atoms with E-state index in [0.717, 1.165) is 12.1 Å². The number of hydrogen-bond donors (Lipinski definition) is 2. The van der Waals surface area contributed by atoms with Gasteiger partial charge in [0, 0.05) is 10.9 Å². The average Bonchev–Trinajstić information content (AvgIpc) is 2.22. The van der Waals surface area contributed by atoms with E-state index in [-0.39, 0.29) is 17.3 Å². The Bertz CT molecular complexity index is 568. The molecule has 0 radical (unpaired) electrons. The molecule has 1 rings (SSSR count). The van der Waals surface area contributed by atoms with Gasteiger partial charge in [0.15, 0.2) is 11.6 Å². The van der Waals surface area contributed by atoms with Crippen molar-refractivity contribution >= 4 is 37.6 Å². The zero-order chi connectivity index (χ0) is 14.6. The van der Waals surface area contributed by atoms with Gasteiger partial charge in [-0.2, -0.15) is 0 Å². The van der Waals surface area contributed by atoms with E-state index in [1.54, 1.807) is 4.72 Å². The maximum Gasteiger partial charge on any atom is 0.303 e. The molecule has 0 aromatic heterocycles. The fourth-order valence-corrected chi connectivity index (χ4v) is 2.79. The first-order valence-electron chi connectivity index (χ1n) is 5.08. The van der Waals surface area contributed by atoms with E-state index in [4.69, 9.17) is 5.11 Å². The zero-order valence-corrected chi connectivity index (χ0v) is 11.9. The number of sulfonamides is 1. The van der Waals surface area contributed by atoms with Crippen LogP contribution in [0.5, 0.6) is 0 Å². The summed E-state index contributed by atoms with van der Waals surface area (Å²) >= 11 is 2.86. The molecular formula is C10H10BrF2NO4S. The molecule has 0 spiro atoms. The van der Waals surface area contributed by atoms with Crippen LogP contribution in [-0.4, -0.2) is 25.2 Å². The lowest BCUT2D eigenvalue weighted by atomic mass is 10.3. The molecule has 0 aliphatic rings. The summed E-state index contributed by atoms with van der Waals surface area (Å²) in [6.45, 7) is 0. The largest absolute Gasteiger partial charge is 0.481 e. The van der Waals surface area contributed by atoms with Gasteiger partial charge in [0.1, 0.15) is 5.69 Å². The summed E-state index contributed by atoms with van der Waals surface area (Å²) in [7, 11) is -4.00. The van der Waals surface area contributed by atoms with Crippen molar-refractivity contribution in [3.05, 3.63) is 28.2 Å². The fourth-order valence-electron chi connectivity index (χ4n) is 1.26. The molecule has 0 amide bonds. The number of benzene rings is 1. The van der Waals surface area contributed by atoms with Crippen LogP contribution in [-0.2, 0) is 14.8 Å². The normalized spacial score (nSPS) is 11.3. The first-order valence-corrected chi connectivity index (χ1v) is 7.52. The van der Waals surface area contributed by atoms with E-state index in [1.165, 1.54) is 0 Å². The summed E-state index contributed by atoms with van der Waals surface area (Å²) in [6, 6.07) is 1.83. The Morgan fingerprint density at radius 1 is 1.32 bits per heavy atom. The molecule has 0 aliphatic carbocycles. The Kier molecular flexibility index (Phi) is 5.24. The Morgan fingerprint density at radius 3 is 2.32 bits per heavy atom. The summed E-state index contributed by atoms with van der Waals surface area (Å²) in [5, 5.41) is 8.38. The summed E-state index contributed by atoms with van der Waals surface area (Å²) in [5.74, 6) is -3.80. The Morgan fingerprint density at radius 2 is 1.84 bits per heavy atom. The lowest BCUT2D eigenvalue weighted by molar-refractivity contribution is -0.137. The van der Waals surface area contributed by atoms with Crippen LogP contribution in [0.25, 0.3) is 0 Å². The third-order valence-corrected chi connectivity index (χ3v) is 3.87. The maximum atomic E-state index is 13.4. The highest BCUT2D eigenvalue weighted by Crippen LogP contribution is 2.24. The van der Waals surface area contributed by atoms with Gasteiger partial charge in [-0.3, -0.25) is 9.52 Å². The smallest absolute Gasteiger partial charge is 0.303 e. The topological polar surface area (TPSA) is 83.5 Å². The molecule has 0 saturated carbocycles. The van der Waals surface area contributed by atoms with Gasteiger partial charge in [-0.25, -0.2) is 17.2 Å². The molecule has 0 bridgehead atoms. The van der Waals surface area contributed by atoms with Crippen LogP contribution in [0.2, 0.25) is 0 Å². The molecule has 1 aromatic rings. The Labute approximate surface area is 116 Å². The van der Waals surface area contributed by atoms with Crippen molar-refractivity contribution in [1.29, 1.82) is 0 Å². The first kappa shape index (κ1) is 15.8. The number of halogens is 3. The molecule has 0 atom stereocenters. The molecule has 19 heavy (non-hydrogen) atoms. The lowest BCUT2D eigenvalue weighted by Gasteiger charge is -2.09. The minimum Gasteiger partial charge on any atom is -0.481 e. The second-order valence-electron chi connectivity index (χ2n) is 3.66. The molecule has 0 unspecified atom stereocenters. The molecule has 0 heterocycles. The van der Waals surface area contributed by atoms with Gasteiger partial charge in [0.2, 0.25) is 10.0 Å². The number of nitrogens with one attached hydrogen (secondary N) is 1. The van der Waals surface area contributed by atoms with Crippen molar-refractivity contribution in [3.8, 4) is 0 Å². The van der Waals surface area contributed by atoms with E-state index in [2.05, 4.69) is 15.9 Å². The first-order chi connectivity index (χ1) is 8.71. The van der Waals surface area contributed by atoms with Crippen LogP contribution in [0.15, 0.2) is 16.6 Å². The van der Waals surface area contributed by atoms with Crippen molar-refractivity contribution in [2.24, 2.45) is 0 Å². The number of carbonyl (C=O) groups is 1. The average molecular weight is 358 g/mol. The summed E-state index contributed by atoms with van der Waals surface area (Å²) in [6.07, 6.45) is -0.489. The number of rotatable bonds is 6. The quantitative estimate of drug-likeness (QED) is 0.818. The van der Waals surface area contributed by atoms with Gasteiger partial charge in [-0.05, 0) is 18.6 Å². The molecule has 9 heteroatoms. The van der Waals surface area contributed by atoms with E-state index in [0.29, 0.717) is 0 Å². The number of hydrogen-bond acceptors (Lipinski definition) is 3. The van der Waals surface area contributed by atoms with Gasteiger partial charge in [-0.1, -0.05) is 15.9 Å². The van der Waals surface area contributed by atoms with Crippen LogP contribution < -0.4 is 4.72 Å². The highest BCUT2D eigenvalue weighted by atomic mass is 79.9. The van der Waals surface area contributed by atoms with E-state index in [9.17, 15) is 22.0 Å². The van der Waals surface area contributed by atoms with Crippen LogP contribution in [0.4, 0.5) is 14.5 Å². The lowest BCUT2D eigenvalue weighted by Crippen LogP contribution is -2.19. The molecule has 0 saturated heterocycles. The minimum atomic E-state index is -4.00. The van der Waals surface area contributed by atoms with Crippen molar-refractivity contribution in [3.63, 3.8) is 0 Å². The van der Waals surface area contributed by atoms with E-state index in [1.807, 2.05) is 0 Å². The van der Waals surface area contributed by atoms with Crippen molar-refractivity contribution < 1.29 is 27.1 Å². The third kappa shape index (κ3) is 5.11. The Balaban J connectivity index is 2.81. The zero-order valence-electron chi connectivity index (χ0n) is 9.49. The molecule has 1 aromatic carbocycles. The second-order valence-corrected chi connectivity index (χ2v) is 6.42. The summed E-state index contributed by atoms with van der Waals surface area (Å²) in [4.78, 5) is 10.2. The minimum absolute atomic E-state index is 0.135. The summed E-state index contributed by atoms with van der Waals surface area (Å²) < 4.78 is 51.7. The van der Waals surface area contributed by atoms with Crippen LogP contribution >= 0.6 is 15.9 Å². The van der Waals surface area contributed by atoms with Crippen molar-refractivity contribution in [2.45, 2.75) is 12.8 Å². The van der Waals surface area contributed by atoms with Crippen LogP contribution in [0.1, 0.15) is 12.8 Å². The maximum absolute atomic E-state index is 13.4. The highest BCUT2D eigenvalue weighted by molar-refractivity contribution is 9.10. The van der Waals surface area contributed by atoms with E-state index < -0.39 is 39.1 Å². The second kappa shape index (κ2) is 6.29. The van der Waals surface area contributed by atoms with Crippen molar-refractivity contribution in [1.82, 2.24) is 0 Å². The molecule has 106 valence electrons. The molecule has 0 aliphatic heterocycles. The predicted octanol–water partition coefficient (Wildman–Crippen LogP) is 2.33.